The quantitative estimate of drug-likeness (QED) is 0.698. The normalized spacial score (nSPS) is 10.4. The zero-order valence-electron chi connectivity index (χ0n) is 7.47. The van der Waals surface area contributed by atoms with Crippen LogP contribution in [0.3, 0.4) is 0 Å². The van der Waals surface area contributed by atoms with E-state index in [4.69, 9.17) is 0 Å². The first-order chi connectivity index (χ1) is 6.75. The summed E-state index contributed by atoms with van der Waals surface area (Å²) >= 11 is 1.36. The van der Waals surface area contributed by atoms with Crippen LogP contribution in [0.2, 0.25) is 0 Å². The molecule has 0 N–H and O–H groups in total. The molecule has 0 atom stereocenters. The van der Waals surface area contributed by atoms with Crippen molar-refractivity contribution in [2.75, 3.05) is 0 Å². The van der Waals surface area contributed by atoms with E-state index in [2.05, 4.69) is 21.4 Å². The van der Waals surface area contributed by atoms with Crippen molar-refractivity contribution in [3.05, 3.63) is 28.5 Å². The highest BCUT2D eigenvalue weighted by Gasteiger charge is 2.06. The second-order valence-corrected chi connectivity index (χ2v) is 3.81. The second-order valence-electron chi connectivity index (χ2n) is 2.69. The monoisotopic (exact) mass is 207 g/mol. The lowest BCUT2D eigenvalue weighted by atomic mass is 10.5. The van der Waals surface area contributed by atoms with Crippen LogP contribution in [0.1, 0.15) is 21.6 Å². The van der Waals surface area contributed by atoms with E-state index in [0.717, 1.165) is 4.88 Å². The standard InChI is InChI=1S/C8H7N4OS/c1-6(13)8-9-4-7(14-8)5-12-10-2-3-11-12/h2,4H,5H2,1H3. The van der Waals surface area contributed by atoms with Crippen molar-refractivity contribution >= 4 is 17.1 Å². The predicted molar refractivity (Wildman–Crippen MR) is 50.1 cm³/mol. The molecule has 1 radical (unpaired) electrons. The van der Waals surface area contributed by atoms with Gasteiger partial charge in [-0.1, -0.05) is 0 Å². The summed E-state index contributed by atoms with van der Waals surface area (Å²) in [7, 11) is 0. The molecule has 6 heteroatoms. The number of hydrogen-bond donors (Lipinski definition) is 0. The third-order valence-corrected chi connectivity index (χ3v) is 2.66. The first-order valence-corrected chi connectivity index (χ1v) is 4.79. The van der Waals surface area contributed by atoms with Crippen molar-refractivity contribution in [3.63, 3.8) is 0 Å². The zero-order chi connectivity index (χ0) is 9.97. The highest BCUT2D eigenvalue weighted by Crippen LogP contribution is 2.13. The number of nitrogens with zero attached hydrogens (tertiary/aromatic N) is 4. The van der Waals surface area contributed by atoms with E-state index in [1.807, 2.05) is 0 Å². The van der Waals surface area contributed by atoms with Gasteiger partial charge in [0.05, 0.1) is 12.7 Å². The number of carbonyl (C=O) groups excluding carboxylic acids is 1. The summed E-state index contributed by atoms with van der Waals surface area (Å²) in [4.78, 5) is 17.4. The van der Waals surface area contributed by atoms with Crippen LogP contribution in [0.25, 0.3) is 0 Å². The Hall–Kier alpha value is -1.56. The average molecular weight is 207 g/mol. The molecule has 0 saturated heterocycles. The van der Waals surface area contributed by atoms with Gasteiger partial charge in [0, 0.05) is 18.0 Å². The average Bonchev–Trinajstić information content (AvgIpc) is 2.75. The molecule has 2 aromatic heterocycles. The molecule has 0 aromatic carbocycles. The number of thiazole rings is 1. The molecule has 0 aliphatic rings. The fourth-order valence-corrected chi connectivity index (χ4v) is 1.75. The minimum atomic E-state index is -0.0127. The van der Waals surface area contributed by atoms with Crippen molar-refractivity contribution in [2.24, 2.45) is 0 Å². The molecule has 71 valence electrons. The molecule has 0 unspecified atom stereocenters. The molecule has 2 rings (SSSR count). The van der Waals surface area contributed by atoms with Crippen LogP contribution in [0.15, 0.2) is 12.4 Å². The van der Waals surface area contributed by atoms with E-state index in [1.54, 1.807) is 6.20 Å². The van der Waals surface area contributed by atoms with E-state index in [0.29, 0.717) is 11.6 Å². The van der Waals surface area contributed by atoms with Gasteiger partial charge in [-0.15, -0.1) is 11.3 Å². The lowest BCUT2D eigenvalue weighted by molar-refractivity contribution is 0.101. The van der Waals surface area contributed by atoms with Crippen molar-refractivity contribution in [2.45, 2.75) is 13.5 Å². The summed E-state index contributed by atoms with van der Waals surface area (Å²) in [6.45, 7) is 2.04. The third kappa shape index (κ3) is 1.85. The predicted octanol–water partition coefficient (Wildman–Crippen LogP) is 0.786. The lowest BCUT2D eigenvalue weighted by Crippen LogP contribution is -2.01. The van der Waals surface area contributed by atoms with Crippen molar-refractivity contribution in [1.82, 2.24) is 20.0 Å². The highest BCUT2D eigenvalue weighted by molar-refractivity contribution is 7.13. The first kappa shape index (κ1) is 9.01. The SMILES string of the molecule is CC(=O)c1ncc(Cn2n[c]cn2)s1. The van der Waals surface area contributed by atoms with Gasteiger partial charge in [-0.3, -0.25) is 4.79 Å². The summed E-state index contributed by atoms with van der Waals surface area (Å²) < 4.78 is 0. The largest absolute Gasteiger partial charge is 0.292 e. The molecule has 2 heterocycles. The van der Waals surface area contributed by atoms with Crippen molar-refractivity contribution < 1.29 is 4.79 Å². The molecule has 0 aliphatic carbocycles. The number of hydrogen-bond acceptors (Lipinski definition) is 5. The number of ketones is 1. The topological polar surface area (TPSA) is 60.7 Å². The van der Waals surface area contributed by atoms with Crippen LogP contribution in [0, 0.1) is 6.20 Å². The van der Waals surface area contributed by atoms with Crippen molar-refractivity contribution in [1.29, 1.82) is 0 Å². The number of rotatable bonds is 3. The first-order valence-electron chi connectivity index (χ1n) is 3.97. The maximum Gasteiger partial charge on any atom is 0.188 e. The maximum absolute atomic E-state index is 11.0. The molecule has 0 aliphatic heterocycles. The van der Waals surface area contributed by atoms with Crippen LogP contribution in [0.5, 0.6) is 0 Å². The van der Waals surface area contributed by atoms with Crippen LogP contribution in [-0.2, 0) is 6.54 Å². The van der Waals surface area contributed by atoms with Crippen LogP contribution >= 0.6 is 11.3 Å². The maximum atomic E-state index is 11.0. The smallest absolute Gasteiger partial charge is 0.188 e. The van der Waals surface area contributed by atoms with E-state index in [1.165, 1.54) is 29.3 Å². The molecule has 0 fully saturated rings. The number of Topliss-reactive ketones (excluding diaryl/α,β-unsaturated/α-hetero) is 1. The van der Waals surface area contributed by atoms with Gasteiger partial charge >= 0.3 is 0 Å². The highest BCUT2D eigenvalue weighted by atomic mass is 32.1. The third-order valence-electron chi connectivity index (χ3n) is 1.57. The fourth-order valence-electron chi connectivity index (χ4n) is 0.970. The molecule has 0 bridgehead atoms. The van der Waals surface area contributed by atoms with Gasteiger partial charge in [-0.25, -0.2) is 4.98 Å². The Labute approximate surface area is 84.4 Å². The van der Waals surface area contributed by atoms with Gasteiger partial charge in [0.25, 0.3) is 0 Å². The van der Waals surface area contributed by atoms with Gasteiger partial charge in [-0.05, 0) is 0 Å². The Morgan fingerprint density at radius 1 is 1.71 bits per heavy atom. The summed E-state index contributed by atoms with van der Waals surface area (Å²) in [5.74, 6) is -0.0127. The van der Waals surface area contributed by atoms with Crippen molar-refractivity contribution in [3.8, 4) is 0 Å². The van der Waals surface area contributed by atoms with Gasteiger partial charge in [0.15, 0.2) is 10.8 Å². The molecule has 0 amide bonds. The Morgan fingerprint density at radius 3 is 3.14 bits per heavy atom. The minimum Gasteiger partial charge on any atom is -0.292 e. The van der Waals surface area contributed by atoms with Crippen LogP contribution in [0.4, 0.5) is 0 Å². The molecular weight excluding hydrogens is 200 g/mol. The fraction of sp³-hybridized carbons (Fsp3) is 0.250. The van der Waals surface area contributed by atoms with E-state index >= 15 is 0 Å². The molecular formula is C8H7N4OS. The summed E-state index contributed by atoms with van der Waals surface area (Å²) in [6, 6.07) is 0. The molecule has 14 heavy (non-hydrogen) atoms. The summed E-state index contributed by atoms with van der Waals surface area (Å²) in [5.41, 5.74) is 0. The zero-order valence-corrected chi connectivity index (χ0v) is 8.28. The molecule has 0 spiro atoms. The van der Waals surface area contributed by atoms with Gasteiger partial charge < -0.3 is 0 Å². The molecule has 2 aromatic rings. The van der Waals surface area contributed by atoms with Gasteiger partial charge in [-0.2, -0.15) is 15.0 Å². The van der Waals surface area contributed by atoms with E-state index < -0.39 is 0 Å². The molecule has 5 nitrogen and oxygen atoms in total. The van der Waals surface area contributed by atoms with Gasteiger partial charge in [0.2, 0.25) is 0 Å². The van der Waals surface area contributed by atoms with E-state index in [9.17, 15) is 4.79 Å². The van der Waals surface area contributed by atoms with E-state index in [-0.39, 0.29) is 5.78 Å². The van der Waals surface area contributed by atoms with Crippen LogP contribution < -0.4 is 0 Å². The van der Waals surface area contributed by atoms with Gasteiger partial charge in [0.1, 0.15) is 6.20 Å². The minimum absolute atomic E-state index is 0.0127. The molecule has 0 saturated carbocycles. The van der Waals surface area contributed by atoms with Crippen LogP contribution in [-0.4, -0.2) is 25.8 Å². The Kier molecular flexibility index (Phi) is 2.36. The summed E-state index contributed by atoms with van der Waals surface area (Å²) in [5, 5.41) is 8.27. The number of carbonyl (C=O) groups is 1. The second kappa shape index (κ2) is 3.67. The lowest BCUT2D eigenvalue weighted by Gasteiger charge is -1.93. The number of aromatic nitrogens is 4. The Balaban J connectivity index is 2.14. The Morgan fingerprint density at radius 2 is 2.57 bits per heavy atom. The Bertz CT molecular complexity index is 434. The summed E-state index contributed by atoms with van der Waals surface area (Å²) in [6.07, 6.45) is 5.76.